The van der Waals surface area contributed by atoms with E-state index >= 15 is 0 Å². The SMILES string of the molecule is CCOCCOc1c2cc(NC(=O)Nc3ccccc3)cc1Cc1cc(C(C)(C)C)cc(c1OC)Cc1cc(NC(=O)Nc3ccccc3)cc(c1OCCOCC)Cc1cc(C(C)(C)C)cc(c1OC)Cc1cc(NC(=O)Nc3ccccc3)cc(c1OCCOCC)Cc1cc(C(C)(C)C)cc(c1OC)C2. The number of para-hydroxylation sites is 3. The number of amides is 6. The third-order valence-electron chi connectivity index (χ3n) is 18.9. The molecule has 108 heavy (non-hydrogen) atoms. The van der Waals surface area contributed by atoms with Crippen LogP contribution in [-0.2, 0) is 69.0 Å². The van der Waals surface area contributed by atoms with Gasteiger partial charge in [0.1, 0.15) is 54.3 Å². The molecule has 9 aromatic rings. The number of hydrogen-bond acceptors (Lipinski definition) is 12. The summed E-state index contributed by atoms with van der Waals surface area (Å²) in [6, 6.07) is 51.9. The molecular formula is C90H108N6O12. The number of carbonyl (C=O) groups excluding carboxylic acids is 3. The first-order valence-electron chi connectivity index (χ1n) is 37.4. The van der Waals surface area contributed by atoms with Crippen molar-refractivity contribution in [2.24, 2.45) is 0 Å². The number of ether oxygens (including phenoxy) is 9. The molecule has 0 spiro atoms. The Morgan fingerprint density at radius 2 is 0.472 bits per heavy atom. The van der Waals surface area contributed by atoms with E-state index in [1.165, 1.54) is 0 Å². The van der Waals surface area contributed by atoms with Gasteiger partial charge in [-0.2, -0.15) is 0 Å². The smallest absolute Gasteiger partial charge is 0.323 e. The van der Waals surface area contributed by atoms with E-state index in [1.54, 1.807) is 21.3 Å². The molecule has 0 aliphatic heterocycles. The minimum atomic E-state index is -0.437. The van der Waals surface area contributed by atoms with Gasteiger partial charge in [-0.25, -0.2) is 14.4 Å². The zero-order valence-corrected chi connectivity index (χ0v) is 65.6. The Hall–Kier alpha value is -10.5. The number of carbonyl (C=O) groups is 3. The molecule has 0 radical (unpaired) electrons. The van der Waals surface area contributed by atoms with Crippen molar-refractivity contribution in [1.82, 2.24) is 0 Å². The Kier molecular flexibility index (Phi) is 27.3. The maximum absolute atomic E-state index is 14.4. The van der Waals surface area contributed by atoms with Crippen LogP contribution >= 0.6 is 0 Å². The van der Waals surface area contributed by atoms with Gasteiger partial charge < -0.3 is 74.5 Å². The second-order valence-electron chi connectivity index (χ2n) is 30.1. The highest BCUT2D eigenvalue weighted by molar-refractivity contribution is 6.01. The molecule has 0 aromatic heterocycles. The molecule has 1 aliphatic rings. The van der Waals surface area contributed by atoms with Crippen LogP contribution in [0.3, 0.4) is 0 Å². The first-order chi connectivity index (χ1) is 51.8. The fourth-order valence-electron chi connectivity index (χ4n) is 13.7. The quantitative estimate of drug-likeness (QED) is 0.0313. The second kappa shape index (κ2) is 36.9. The molecule has 0 saturated heterocycles. The van der Waals surface area contributed by atoms with E-state index in [-0.39, 0.29) is 74.6 Å². The number of urea groups is 3. The average Bonchev–Trinajstić information content (AvgIpc) is 0.784. The highest BCUT2D eigenvalue weighted by atomic mass is 16.5. The molecule has 6 N–H and O–H groups in total. The minimum Gasteiger partial charge on any atom is -0.496 e. The van der Waals surface area contributed by atoms with Crippen LogP contribution < -0.4 is 60.3 Å². The van der Waals surface area contributed by atoms with Crippen molar-refractivity contribution in [3.63, 3.8) is 0 Å². The van der Waals surface area contributed by atoms with Crippen LogP contribution in [0.4, 0.5) is 48.5 Å². The van der Waals surface area contributed by atoms with Crippen LogP contribution in [-0.4, -0.2) is 98.9 Å². The predicted molar refractivity (Wildman–Crippen MR) is 434 cm³/mol. The lowest BCUT2D eigenvalue weighted by Crippen LogP contribution is -2.20. The maximum Gasteiger partial charge on any atom is 0.323 e. The van der Waals surface area contributed by atoms with E-state index in [0.29, 0.717) is 108 Å². The molecule has 0 atom stereocenters. The monoisotopic (exact) mass is 1460 g/mol. The van der Waals surface area contributed by atoms with Gasteiger partial charge in [-0.15, -0.1) is 0 Å². The normalized spacial score (nSPS) is 12.4. The lowest BCUT2D eigenvalue weighted by molar-refractivity contribution is 0.109. The van der Waals surface area contributed by atoms with E-state index in [4.69, 9.17) is 42.6 Å². The molecule has 12 bridgehead atoms. The van der Waals surface area contributed by atoms with E-state index in [2.05, 4.69) is 131 Å². The maximum atomic E-state index is 14.4. The molecule has 0 heterocycles. The molecule has 1 aliphatic carbocycles. The van der Waals surface area contributed by atoms with Crippen LogP contribution in [0.25, 0.3) is 0 Å². The van der Waals surface area contributed by atoms with Gasteiger partial charge in [0.2, 0.25) is 0 Å². The average molecular weight is 1470 g/mol. The van der Waals surface area contributed by atoms with Gasteiger partial charge in [-0.3, -0.25) is 0 Å². The van der Waals surface area contributed by atoms with Gasteiger partial charge in [0.05, 0.1) is 41.2 Å². The number of anilines is 6. The summed E-state index contributed by atoms with van der Waals surface area (Å²) >= 11 is 0. The van der Waals surface area contributed by atoms with Gasteiger partial charge in [0.25, 0.3) is 0 Å². The van der Waals surface area contributed by atoms with Gasteiger partial charge in [0, 0.05) is 126 Å². The molecule has 18 heteroatoms. The van der Waals surface area contributed by atoms with Crippen LogP contribution in [0.2, 0.25) is 0 Å². The fraction of sp³-hybridized carbons (Fsp3) is 0.367. The largest absolute Gasteiger partial charge is 0.496 e. The Morgan fingerprint density at radius 3 is 0.657 bits per heavy atom. The predicted octanol–water partition coefficient (Wildman–Crippen LogP) is 19.6. The fourth-order valence-corrected chi connectivity index (χ4v) is 13.7. The van der Waals surface area contributed by atoms with Crippen molar-refractivity contribution in [2.45, 2.75) is 138 Å². The molecule has 0 fully saturated rings. The number of hydrogen-bond donors (Lipinski definition) is 6. The first-order valence-corrected chi connectivity index (χ1v) is 37.4. The van der Waals surface area contributed by atoms with Gasteiger partial charge in [-0.05, 0) is 160 Å². The Labute approximate surface area is 638 Å². The van der Waals surface area contributed by atoms with Gasteiger partial charge in [0.15, 0.2) is 0 Å². The Morgan fingerprint density at radius 1 is 0.278 bits per heavy atom. The summed E-state index contributed by atoms with van der Waals surface area (Å²) in [5.41, 5.74) is 15.1. The van der Waals surface area contributed by atoms with E-state index in [0.717, 1.165) is 83.5 Å². The number of benzene rings is 9. The molecule has 6 amide bonds. The van der Waals surface area contributed by atoms with E-state index < -0.39 is 18.1 Å². The number of rotatable bonds is 24. The number of fused-ring (bicyclic) bond motifs is 12. The molecule has 10 rings (SSSR count). The topological polar surface area (TPSA) is 206 Å². The van der Waals surface area contributed by atoms with E-state index in [1.807, 2.05) is 148 Å². The lowest BCUT2D eigenvalue weighted by atomic mass is 9.81. The summed E-state index contributed by atoms with van der Waals surface area (Å²) in [5, 5.41) is 18.8. The lowest BCUT2D eigenvalue weighted by Gasteiger charge is -2.27. The summed E-state index contributed by atoms with van der Waals surface area (Å²) in [7, 11) is 5.10. The van der Waals surface area contributed by atoms with E-state index in [9.17, 15) is 14.4 Å². The Balaban J connectivity index is 1.31. The number of nitrogens with one attached hydrogen (secondary N) is 6. The third kappa shape index (κ3) is 21.4. The summed E-state index contributed by atoms with van der Waals surface area (Å²) < 4.78 is 59.6. The first kappa shape index (κ1) is 80.0. The van der Waals surface area contributed by atoms with Gasteiger partial charge >= 0.3 is 18.1 Å². The van der Waals surface area contributed by atoms with Crippen LogP contribution in [0.1, 0.15) is 167 Å². The molecule has 18 nitrogen and oxygen atoms in total. The molecule has 0 unspecified atom stereocenters. The molecule has 9 aromatic carbocycles. The highest BCUT2D eigenvalue weighted by Crippen LogP contribution is 2.46. The summed E-state index contributed by atoms with van der Waals surface area (Å²) in [5.74, 6) is 3.71. The summed E-state index contributed by atoms with van der Waals surface area (Å²) in [4.78, 5) is 43.3. The van der Waals surface area contributed by atoms with Crippen LogP contribution in [0.15, 0.2) is 164 Å². The van der Waals surface area contributed by atoms with Crippen molar-refractivity contribution in [2.75, 3.05) is 113 Å². The zero-order valence-electron chi connectivity index (χ0n) is 65.6. The Bertz CT molecular complexity index is 3960. The van der Waals surface area contributed by atoms with Crippen molar-refractivity contribution in [3.8, 4) is 34.5 Å². The number of methoxy groups -OCH3 is 3. The van der Waals surface area contributed by atoms with Crippen LogP contribution in [0, 0.1) is 0 Å². The standard InChI is InChI=1S/C90H108N6O12/c1-16-103-34-37-106-82-64-40-58-46-70(88(4,5)6)48-60(79(58)100-13)42-66-54-77(95-86(98)92-74-30-24-20-25-31-74)56-68(83(66)107-38-35-104-17-2)44-62-50-72(90(10,11)12)51-63(81(62)102-15)45-69-57-78(96-87(99)93-75-32-26-21-27-33-75)55-67(84(69)108-39-36-105-18-3)43-61-49-71(89(7,8)9)47-59(80(61)101-14)41-65(82)53-76(52-64)94-85(97)91-73-28-22-19-23-29-73/h19-33,46-57H,16-18,34-45H2,1-15H3,(H2,91,94,97)(H2,92,95,98)(H2,93,96,99). The third-order valence-corrected chi connectivity index (χ3v) is 18.9. The highest BCUT2D eigenvalue weighted by Gasteiger charge is 2.30. The van der Waals surface area contributed by atoms with Crippen molar-refractivity contribution < 1.29 is 57.0 Å². The van der Waals surface area contributed by atoms with Crippen molar-refractivity contribution in [1.29, 1.82) is 0 Å². The van der Waals surface area contributed by atoms with Crippen molar-refractivity contribution in [3.05, 3.63) is 247 Å². The zero-order chi connectivity index (χ0) is 77.1. The second-order valence-corrected chi connectivity index (χ2v) is 30.1. The summed E-state index contributed by atoms with van der Waals surface area (Å²) in [6.07, 6.45) is 1.64. The molecular weight excluding hydrogens is 1360 g/mol. The molecule has 0 saturated carbocycles. The van der Waals surface area contributed by atoms with Gasteiger partial charge in [-0.1, -0.05) is 153 Å². The van der Waals surface area contributed by atoms with Crippen molar-refractivity contribution >= 4 is 52.2 Å². The minimum absolute atomic E-state index is 0.210. The summed E-state index contributed by atoms with van der Waals surface area (Å²) in [6.45, 7) is 28.7. The van der Waals surface area contributed by atoms with Crippen LogP contribution in [0.5, 0.6) is 34.5 Å². The molecule has 570 valence electrons.